The van der Waals surface area contributed by atoms with Gasteiger partial charge >= 0.3 is 0 Å². The van der Waals surface area contributed by atoms with Crippen molar-refractivity contribution in [3.8, 4) is 5.75 Å². The Hall–Kier alpha value is -1.51. The lowest BCUT2D eigenvalue weighted by molar-refractivity contribution is 0.0876. The largest absolute Gasteiger partial charge is 0.497 e. The van der Waals surface area contributed by atoms with Gasteiger partial charge in [-0.2, -0.15) is 0 Å². The smallest absolute Gasteiger partial charge is 0.254 e. The third-order valence-corrected chi connectivity index (χ3v) is 2.44. The molecule has 0 aliphatic carbocycles. The number of benzene rings is 1. The van der Waals surface area contributed by atoms with Gasteiger partial charge in [0, 0.05) is 18.2 Å². The number of rotatable bonds is 2. The van der Waals surface area contributed by atoms with Crippen LogP contribution in [0.4, 0.5) is 0 Å². The maximum atomic E-state index is 11.8. The molecule has 14 heavy (non-hydrogen) atoms. The van der Waals surface area contributed by atoms with Gasteiger partial charge in [0.2, 0.25) is 0 Å². The molecule has 1 amide bonds. The Morgan fingerprint density at radius 2 is 2.29 bits per heavy atom. The number of ether oxygens (including phenoxy) is 1. The van der Waals surface area contributed by atoms with E-state index >= 15 is 0 Å². The highest BCUT2D eigenvalue weighted by Gasteiger charge is 2.34. The molecule has 3 heteroatoms. The average Bonchev–Trinajstić information content (AvgIpc) is 2.94. The van der Waals surface area contributed by atoms with Crippen LogP contribution < -0.4 is 4.74 Å². The van der Waals surface area contributed by atoms with E-state index in [1.807, 2.05) is 30.0 Å². The normalized spacial score (nSPS) is 19.3. The summed E-state index contributed by atoms with van der Waals surface area (Å²) in [5.74, 6) is 0.821. The van der Waals surface area contributed by atoms with Crippen LogP contribution >= 0.6 is 0 Å². The van der Waals surface area contributed by atoms with E-state index in [0.29, 0.717) is 11.6 Å². The van der Waals surface area contributed by atoms with Crippen molar-refractivity contribution in [2.24, 2.45) is 0 Å². The fraction of sp³-hybridized carbons (Fsp3) is 0.364. The van der Waals surface area contributed by atoms with Crippen LogP contribution in [-0.4, -0.2) is 30.5 Å². The van der Waals surface area contributed by atoms with Crippen molar-refractivity contribution in [3.05, 3.63) is 29.8 Å². The summed E-state index contributed by atoms with van der Waals surface area (Å²) in [7, 11) is 1.60. The highest BCUT2D eigenvalue weighted by atomic mass is 16.5. The molecule has 2 rings (SSSR count). The second-order valence-electron chi connectivity index (χ2n) is 3.54. The zero-order valence-corrected chi connectivity index (χ0v) is 8.36. The molecule has 1 atom stereocenters. The second kappa shape index (κ2) is 3.33. The van der Waals surface area contributed by atoms with E-state index in [0.717, 1.165) is 12.3 Å². The van der Waals surface area contributed by atoms with Crippen LogP contribution in [0, 0.1) is 0 Å². The third kappa shape index (κ3) is 1.58. The Morgan fingerprint density at radius 1 is 1.57 bits per heavy atom. The third-order valence-electron chi connectivity index (χ3n) is 2.44. The summed E-state index contributed by atoms with van der Waals surface area (Å²) in [5.41, 5.74) is 0.703. The molecule has 1 fully saturated rings. The van der Waals surface area contributed by atoms with Gasteiger partial charge in [-0.1, -0.05) is 6.07 Å². The van der Waals surface area contributed by atoms with Crippen molar-refractivity contribution < 1.29 is 9.53 Å². The van der Waals surface area contributed by atoms with E-state index in [2.05, 4.69) is 0 Å². The van der Waals surface area contributed by atoms with Gasteiger partial charge in [-0.05, 0) is 25.1 Å². The predicted molar refractivity (Wildman–Crippen MR) is 53.5 cm³/mol. The summed E-state index contributed by atoms with van der Waals surface area (Å²) >= 11 is 0. The second-order valence-corrected chi connectivity index (χ2v) is 3.54. The standard InChI is InChI=1S/C11H13NO2/c1-8-7-12(8)11(13)9-4-3-5-10(6-9)14-2/h3-6,8H,7H2,1-2H3. The summed E-state index contributed by atoms with van der Waals surface area (Å²) in [6.07, 6.45) is 0. The molecule has 74 valence electrons. The van der Waals surface area contributed by atoms with Gasteiger partial charge in [0.05, 0.1) is 7.11 Å². The molecule has 1 unspecified atom stereocenters. The van der Waals surface area contributed by atoms with Crippen molar-refractivity contribution in [2.75, 3.05) is 13.7 Å². The first kappa shape index (κ1) is 9.06. The number of hydrogen-bond acceptors (Lipinski definition) is 2. The summed E-state index contributed by atoms with van der Waals surface area (Å²) in [4.78, 5) is 13.6. The van der Waals surface area contributed by atoms with Crippen molar-refractivity contribution in [1.29, 1.82) is 0 Å². The van der Waals surface area contributed by atoms with Crippen molar-refractivity contribution in [2.45, 2.75) is 13.0 Å². The average molecular weight is 191 g/mol. The van der Waals surface area contributed by atoms with E-state index in [9.17, 15) is 4.79 Å². The highest BCUT2D eigenvalue weighted by molar-refractivity contribution is 5.96. The molecular formula is C11H13NO2. The zero-order chi connectivity index (χ0) is 10.1. The lowest BCUT2D eigenvalue weighted by Gasteiger charge is -2.04. The lowest BCUT2D eigenvalue weighted by atomic mass is 10.2. The SMILES string of the molecule is COc1cccc(C(=O)N2CC2C)c1. The number of methoxy groups -OCH3 is 1. The van der Waals surface area contributed by atoms with Crippen molar-refractivity contribution in [1.82, 2.24) is 4.90 Å². The summed E-state index contributed by atoms with van der Waals surface area (Å²) in [6, 6.07) is 7.65. The molecular weight excluding hydrogens is 178 g/mol. The molecule has 0 radical (unpaired) electrons. The Labute approximate surface area is 83.3 Å². The van der Waals surface area contributed by atoms with Crippen LogP contribution in [0.5, 0.6) is 5.75 Å². The van der Waals surface area contributed by atoms with E-state index in [1.54, 1.807) is 13.2 Å². The Kier molecular flexibility index (Phi) is 2.15. The molecule has 1 aromatic carbocycles. The molecule has 1 aliphatic heterocycles. The lowest BCUT2D eigenvalue weighted by Crippen LogP contribution is -2.12. The quantitative estimate of drug-likeness (QED) is 0.663. The van der Waals surface area contributed by atoms with Crippen molar-refractivity contribution in [3.63, 3.8) is 0 Å². The van der Waals surface area contributed by atoms with Crippen LogP contribution in [-0.2, 0) is 0 Å². The zero-order valence-electron chi connectivity index (χ0n) is 8.36. The fourth-order valence-electron chi connectivity index (χ4n) is 1.44. The number of carbonyl (C=O) groups excluding carboxylic acids is 1. The van der Waals surface area contributed by atoms with E-state index in [4.69, 9.17) is 4.74 Å². The maximum absolute atomic E-state index is 11.8. The number of hydrogen-bond donors (Lipinski definition) is 0. The van der Waals surface area contributed by atoms with Gasteiger partial charge in [0.15, 0.2) is 0 Å². The molecule has 1 aromatic rings. The molecule has 0 saturated carbocycles. The summed E-state index contributed by atoms with van der Waals surface area (Å²) < 4.78 is 5.06. The predicted octanol–water partition coefficient (Wildman–Crippen LogP) is 1.54. The number of carbonyl (C=O) groups is 1. The first-order valence-corrected chi connectivity index (χ1v) is 4.67. The molecule has 3 nitrogen and oxygen atoms in total. The molecule has 1 aliphatic rings. The van der Waals surface area contributed by atoms with Crippen LogP contribution in [0.3, 0.4) is 0 Å². The van der Waals surface area contributed by atoms with Crippen molar-refractivity contribution >= 4 is 5.91 Å². The van der Waals surface area contributed by atoms with E-state index in [-0.39, 0.29) is 5.91 Å². The fourth-order valence-corrected chi connectivity index (χ4v) is 1.44. The van der Waals surface area contributed by atoms with Crippen LogP contribution in [0.2, 0.25) is 0 Å². The van der Waals surface area contributed by atoms with Gasteiger partial charge in [0.25, 0.3) is 5.91 Å². The highest BCUT2D eigenvalue weighted by Crippen LogP contribution is 2.22. The first-order chi connectivity index (χ1) is 6.72. The molecule has 1 saturated heterocycles. The molecule has 0 aromatic heterocycles. The molecule has 0 spiro atoms. The minimum absolute atomic E-state index is 0.0939. The van der Waals surface area contributed by atoms with Gasteiger partial charge < -0.3 is 9.64 Å². The summed E-state index contributed by atoms with van der Waals surface area (Å²) in [5, 5.41) is 0. The topological polar surface area (TPSA) is 29.3 Å². The maximum Gasteiger partial charge on any atom is 0.254 e. The van der Waals surface area contributed by atoms with Crippen LogP contribution in [0.15, 0.2) is 24.3 Å². The monoisotopic (exact) mass is 191 g/mol. The first-order valence-electron chi connectivity index (χ1n) is 4.67. The Bertz CT molecular complexity index is 362. The Balaban J connectivity index is 2.19. The van der Waals surface area contributed by atoms with Gasteiger partial charge in [-0.15, -0.1) is 0 Å². The number of amides is 1. The van der Waals surface area contributed by atoms with Gasteiger partial charge in [-0.25, -0.2) is 0 Å². The van der Waals surface area contributed by atoms with Gasteiger partial charge in [-0.3, -0.25) is 4.79 Å². The minimum atomic E-state index is 0.0939. The van der Waals surface area contributed by atoms with E-state index in [1.165, 1.54) is 0 Å². The van der Waals surface area contributed by atoms with Crippen LogP contribution in [0.1, 0.15) is 17.3 Å². The van der Waals surface area contributed by atoms with Gasteiger partial charge in [0.1, 0.15) is 5.75 Å². The van der Waals surface area contributed by atoms with E-state index < -0.39 is 0 Å². The van der Waals surface area contributed by atoms with Crippen LogP contribution in [0.25, 0.3) is 0 Å². The summed E-state index contributed by atoms with van der Waals surface area (Å²) in [6.45, 7) is 2.91. The number of nitrogens with zero attached hydrogens (tertiary/aromatic N) is 1. The minimum Gasteiger partial charge on any atom is -0.497 e. The molecule has 0 bridgehead atoms. The molecule has 1 heterocycles. The molecule has 0 N–H and O–H groups in total. The Morgan fingerprint density at radius 3 is 2.86 bits per heavy atom.